The molecule has 3 aliphatic rings. The van der Waals surface area contributed by atoms with E-state index in [4.69, 9.17) is 14.2 Å². The van der Waals surface area contributed by atoms with Crippen molar-refractivity contribution < 1.29 is 23.8 Å². The minimum absolute atomic E-state index is 0.0585. The highest BCUT2D eigenvalue weighted by molar-refractivity contribution is 5.86. The number of esters is 2. The fourth-order valence-electron chi connectivity index (χ4n) is 3.98. The van der Waals surface area contributed by atoms with E-state index in [0.29, 0.717) is 17.4 Å². The molecule has 5 nitrogen and oxygen atoms in total. The zero-order valence-electron chi connectivity index (χ0n) is 12.2. The van der Waals surface area contributed by atoms with Crippen LogP contribution in [0.15, 0.2) is 24.5 Å². The van der Waals surface area contributed by atoms with E-state index in [-0.39, 0.29) is 37.1 Å². The second-order valence-corrected chi connectivity index (χ2v) is 6.15. The third kappa shape index (κ3) is 2.34. The molecule has 5 atom stereocenters. The van der Waals surface area contributed by atoms with Gasteiger partial charge in [-0.25, -0.2) is 4.79 Å². The summed E-state index contributed by atoms with van der Waals surface area (Å²) in [5, 5.41) is 0. The highest BCUT2D eigenvalue weighted by Gasteiger charge is 2.62. The molecule has 5 unspecified atom stereocenters. The van der Waals surface area contributed by atoms with Crippen molar-refractivity contribution in [1.82, 2.24) is 0 Å². The van der Waals surface area contributed by atoms with Crippen LogP contribution in [-0.4, -0.2) is 31.3 Å². The Hall–Kier alpha value is -1.78. The first-order chi connectivity index (χ1) is 9.99. The van der Waals surface area contributed by atoms with E-state index in [0.717, 1.165) is 18.6 Å². The average Bonchev–Trinajstić information content (AvgIpc) is 3.03. The van der Waals surface area contributed by atoms with Gasteiger partial charge in [-0.2, -0.15) is 0 Å². The largest absolute Gasteiger partial charge is 0.495 e. The molecule has 2 saturated carbocycles. The predicted molar refractivity (Wildman–Crippen MR) is 73.9 cm³/mol. The number of hydrogen-bond donors (Lipinski definition) is 0. The maximum Gasteiger partial charge on any atom is 0.333 e. The van der Waals surface area contributed by atoms with E-state index in [9.17, 15) is 9.59 Å². The Bertz CT molecular complexity index is 507. The molecule has 0 amide bonds. The van der Waals surface area contributed by atoms with Crippen LogP contribution in [0.4, 0.5) is 0 Å². The van der Waals surface area contributed by atoms with Gasteiger partial charge in [0.1, 0.15) is 19.3 Å². The number of carbonyl (C=O) groups excluding carboxylic acids is 2. The lowest BCUT2D eigenvalue weighted by atomic mass is 9.79. The monoisotopic (exact) mass is 292 g/mol. The Labute approximate surface area is 123 Å². The first kappa shape index (κ1) is 14.2. The van der Waals surface area contributed by atoms with Gasteiger partial charge in [-0.1, -0.05) is 13.2 Å². The molecule has 0 aromatic heterocycles. The lowest BCUT2D eigenvalue weighted by molar-refractivity contribution is -0.156. The highest BCUT2D eigenvalue weighted by atomic mass is 16.6. The number of fused-ring (bicyclic) bond motifs is 1. The number of ether oxygens (including phenoxy) is 3. The fourth-order valence-corrected chi connectivity index (χ4v) is 3.98. The van der Waals surface area contributed by atoms with E-state index < -0.39 is 5.97 Å². The van der Waals surface area contributed by atoms with Gasteiger partial charge in [0.15, 0.2) is 0 Å². The smallest absolute Gasteiger partial charge is 0.333 e. The molecule has 1 aliphatic heterocycles. The number of rotatable bonds is 5. The maximum absolute atomic E-state index is 12.3. The molecule has 0 spiro atoms. The summed E-state index contributed by atoms with van der Waals surface area (Å²) in [5.74, 6) is 0.796. The van der Waals surface area contributed by atoms with Crippen molar-refractivity contribution in [3.8, 4) is 0 Å². The van der Waals surface area contributed by atoms with Crippen molar-refractivity contribution in [1.29, 1.82) is 0 Å². The first-order valence-electron chi connectivity index (χ1n) is 7.33. The third-order valence-electron chi connectivity index (χ3n) is 4.80. The molecule has 5 heteroatoms. The molecule has 0 aromatic carbocycles. The van der Waals surface area contributed by atoms with Crippen molar-refractivity contribution in [3.63, 3.8) is 0 Å². The van der Waals surface area contributed by atoms with Crippen LogP contribution in [0.25, 0.3) is 0 Å². The molecule has 2 bridgehead atoms. The van der Waals surface area contributed by atoms with Crippen LogP contribution in [0.1, 0.15) is 19.8 Å². The summed E-state index contributed by atoms with van der Waals surface area (Å²) in [6.07, 6.45) is 2.21. The van der Waals surface area contributed by atoms with Gasteiger partial charge < -0.3 is 14.2 Å². The summed E-state index contributed by atoms with van der Waals surface area (Å²) in [6.45, 7) is 9.13. The number of allylic oxidation sites excluding steroid dienone is 1. The Balaban J connectivity index is 1.49. The SMILES string of the molecule is C=C(C)C(=O)OCCOC(=O)C1C2CC3OC(=C)C1C3C2. The molecule has 0 N–H and O–H groups in total. The van der Waals surface area contributed by atoms with E-state index in [2.05, 4.69) is 13.2 Å². The number of carbonyl (C=O) groups is 2. The normalized spacial score (nSPS) is 35.5. The predicted octanol–water partition coefficient (Wildman–Crippen LogP) is 1.83. The van der Waals surface area contributed by atoms with Gasteiger partial charge in [-0.3, -0.25) is 4.79 Å². The van der Waals surface area contributed by atoms with Crippen molar-refractivity contribution in [2.75, 3.05) is 13.2 Å². The van der Waals surface area contributed by atoms with Gasteiger partial charge in [0, 0.05) is 17.4 Å². The summed E-state index contributed by atoms with van der Waals surface area (Å²) < 4.78 is 15.9. The second-order valence-electron chi connectivity index (χ2n) is 6.15. The molecular weight excluding hydrogens is 272 g/mol. The van der Waals surface area contributed by atoms with Crippen LogP contribution in [-0.2, 0) is 23.8 Å². The Morgan fingerprint density at radius 3 is 2.71 bits per heavy atom. The molecule has 114 valence electrons. The molecule has 3 fully saturated rings. The van der Waals surface area contributed by atoms with Gasteiger partial charge in [0.25, 0.3) is 0 Å². The molecule has 1 saturated heterocycles. The van der Waals surface area contributed by atoms with Gasteiger partial charge >= 0.3 is 11.9 Å². The van der Waals surface area contributed by atoms with Crippen molar-refractivity contribution >= 4 is 11.9 Å². The Morgan fingerprint density at radius 1 is 1.29 bits per heavy atom. The van der Waals surface area contributed by atoms with Gasteiger partial charge in [0.05, 0.1) is 11.7 Å². The molecule has 0 aromatic rings. The van der Waals surface area contributed by atoms with Gasteiger partial charge in [-0.15, -0.1) is 0 Å². The number of hydrogen-bond acceptors (Lipinski definition) is 5. The lowest BCUT2D eigenvalue weighted by Crippen LogP contribution is -2.32. The van der Waals surface area contributed by atoms with Crippen LogP contribution < -0.4 is 0 Å². The third-order valence-corrected chi connectivity index (χ3v) is 4.80. The summed E-state index contributed by atoms with van der Waals surface area (Å²) in [6, 6.07) is 0. The van der Waals surface area contributed by atoms with Gasteiger partial charge in [-0.05, 0) is 25.7 Å². The highest BCUT2D eigenvalue weighted by Crippen LogP contribution is 2.60. The van der Waals surface area contributed by atoms with Crippen LogP contribution >= 0.6 is 0 Å². The average molecular weight is 292 g/mol. The Morgan fingerprint density at radius 2 is 2.00 bits per heavy atom. The van der Waals surface area contributed by atoms with Crippen LogP contribution in [0.5, 0.6) is 0 Å². The van der Waals surface area contributed by atoms with Crippen molar-refractivity contribution in [2.45, 2.75) is 25.9 Å². The minimum Gasteiger partial charge on any atom is -0.495 e. The molecule has 3 rings (SSSR count). The molecule has 21 heavy (non-hydrogen) atoms. The van der Waals surface area contributed by atoms with E-state index in [1.807, 2.05) is 0 Å². The summed E-state index contributed by atoms with van der Waals surface area (Å²) in [7, 11) is 0. The molecule has 0 radical (unpaired) electrons. The van der Waals surface area contributed by atoms with Crippen LogP contribution in [0.3, 0.4) is 0 Å². The van der Waals surface area contributed by atoms with E-state index in [1.54, 1.807) is 6.92 Å². The van der Waals surface area contributed by atoms with Gasteiger partial charge in [0.2, 0.25) is 0 Å². The molecule has 1 heterocycles. The van der Waals surface area contributed by atoms with Crippen molar-refractivity contribution in [2.24, 2.45) is 23.7 Å². The summed E-state index contributed by atoms with van der Waals surface area (Å²) >= 11 is 0. The van der Waals surface area contributed by atoms with E-state index >= 15 is 0 Å². The van der Waals surface area contributed by atoms with Crippen molar-refractivity contribution in [3.05, 3.63) is 24.5 Å². The minimum atomic E-state index is -0.466. The molecule has 2 aliphatic carbocycles. The lowest BCUT2D eigenvalue weighted by Gasteiger charge is -2.23. The summed E-state index contributed by atoms with van der Waals surface area (Å²) in [5.41, 5.74) is 0.333. The standard InChI is InChI=1S/C16H20O5/c1-8(2)15(17)19-4-5-20-16(18)14-10-6-11-12(7-10)21-9(3)13(11)14/h10-14H,1,3-7H2,2H3. The first-order valence-corrected chi connectivity index (χ1v) is 7.33. The summed E-state index contributed by atoms with van der Waals surface area (Å²) in [4.78, 5) is 23.5. The quantitative estimate of drug-likeness (QED) is 0.439. The zero-order chi connectivity index (χ0) is 15.1. The van der Waals surface area contributed by atoms with Crippen LogP contribution in [0.2, 0.25) is 0 Å². The topological polar surface area (TPSA) is 61.8 Å². The van der Waals surface area contributed by atoms with E-state index in [1.165, 1.54) is 0 Å². The zero-order valence-corrected chi connectivity index (χ0v) is 12.2. The molecular formula is C16H20O5. The fraction of sp³-hybridized carbons (Fsp3) is 0.625. The van der Waals surface area contributed by atoms with Crippen LogP contribution in [0, 0.1) is 23.7 Å². The Kier molecular flexibility index (Phi) is 3.51. The maximum atomic E-state index is 12.3. The second kappa shape index (κ2) is 5.20.